The molecule has 0 fully saturated rings. The molecule has 138 valence electrons. The van der Waals surface area contributed by atoms with E-state index in [0.29, 0.717) is 10.7 Å². The van der Waals surface area contributed by atoms with Crippen LogP contribution in [0.3, 0.4) is 0 Å². The molecule has 0 heterocycles. The standard InChI is InChI=1S/C18H16ClF3N2O2/c1-17(2,16(26)24-14-9-4-3-8-13(14)19)15(25)23-12-7-5-6-11(10-12)18(20,21)22/h3-10H,1-2H3,(H,23,25)(H,24,26). The maximum absolute atomic E-state index is 12.8. The van der Waals surface area contributed by atoms with Gasteiger partial charge < -0.3 is 10.6 Å². The van der Waals surface area contributed by atoms with E-state index in [4.69, 9.17) is 11.6 Å². The molecule has 0 spiro atoms. The lowest BCUT2D eigenvalue weighted by atomic mass is 9.90. The molecule has 26 heavy (non-hydrogen) atoms. The van der Waals surface area contributed by atoms with Gasteiger partial charge in [-0.15, -0.1) is 0 Å². The number of anilines is 2. The summed E-state index contributed by atoms with van der Waals surface area (Å²) in [6, 6.07) is 10.7. The number of para-hydroxylation sites is 1. The van der Waals surface area contributed by atoms with Crippen LogP contribution in [-0.2, 0) is 15.8 Å². The Bertz CT molecular complexity index is 835. The number of benzene rings is 2. The van der Waals surface area contributed by atoms with Gasteiger partial charge in [-0.2, -0.15) is 13.2 Å². The van der Waals surface area contributed by atoms with Crippen LogP contribution in [0, 0.1) is 5.41 Å². The summed E-state index contributed by atoms with van der Waals surface area (Å²) in [6.07, 6.45) is -4.53. The highest BCUT2D eigenvalue weighted by Crippen LogP contribution is 2.31. The highest BCUT2D eigenvalue weighted by Gasteiger charge is 2.37. The van der Waals surface area contributed by atoms with Crippen LogP contribution >= 0.6 is 11.6 Å². The number of halogens is 4. The normalized spacial score (nSPS) is 11.8. The highest BCUT2D eigenvalue weighted by molar-refractivity contribution is 6.34. The molecule has 0 aliphatic carbocycles. The van der Waals surface area contributed by atoms with Gasteiger partial charge in [-0.05, 0) is 44.2 Å². The Kier molecular flexibility index (Phi) is 5.61. The zero-order valence-corrected chi connectivity index (χ0v) is 14.7. The molecule has 2 aromatic rings. The monoisotopic (exact) mass is 384 g/mol. The molecule has 2 rings (SSSR count). The van der Waals surface area contributed by atoms with E-state index in [1.54, 1.807) is 24.3 Å². The first kappa shape index (κ1) is 19.8. The van der Waals surface area contributed by atoms with E-state index in [1.165, 1.54) is 26.0 Å². The minimum Gasteiger partial charge on any atom is -0.325 e. The first-order chi connectivity index (χ1) is 12.0. The zero-order valence-electron chi connectivity index (χ0n) is 13.9. The second kappa shape index (κ2) is 7.37. The number of nitrogens with one attached hydrogen (secondary N) is 2. The minimum atomic E-state index is -4.53. The molecular weight excluding hydrogens is 369 g/mol. The lowest BCUT2D eigenvalue weighted by Gasteiger charge is -2.23. The van der Waals surface area contributed by atoms with Gasteiger partial charge in [-0.3, -0.25) is 9.59 Å². The van der Waals surface area contributed by atoms with Crippen LogP contribution in [0.5, 0.6) is 0 Å². The largest absolute Gasteiger partial charge is 0.416 e. The van der Waals surface area contributed by atoms with Crippen molar-refractivity contribution >= 4 is 34.8 Å². The van der Waals surface area contributed by atoms with Crippen molar-refractivity contribution in [2.75, 3.05) is 10.6 Å². The molecule has 0 aliphatic heterocycles. The summed E-state index contributed by atoms with van der Waals surface area (Å²) in [5.41, 5.74) is -2.16. The van der Waals surface area contributed by atoms with Gasteiger partial charge in [0.25, 0.3) is 0 Å². The highest BCUT2D eigenvalue weighted by atomic mass is 35.5. The zero-order chi connectivity index (χ0) is 19.5. The minimum absolute atomic E-state index is 0.0524. The molecule has 2 aromatic carbocycles. The number of hydrogen-bond acceptors (Lipinski definition) is 2. The summed E-state index contributed by atoms with van der Waals surface area (Å²) in [4.78, 5) is 24.9. The molecule has 0 aromatic heterocycles. The number of rotatable bonds is 4. The second-order valence-corrected chi connectivity index (χ2v) is 6.50. The van der Waals surface area contributed by atoms with Gasteiger partial charge in [0.05, 0.1) is 16.3 Å². The van der Waals surface area contributed by atoms with E-state index in [2.05, 4.69) is 10.6 Å². The van der Waals surface area contributed by atoms with Crippen molar-refractivity contribution in [2.45, 2.75) is 20.0 Å². The summed E-state index contributed by atoms with van der Waals surface area (Å²) < 4.78 is 38.3. The van der Waals surface area contributed by atoms with Gasteiger partial charge >= 0.3 is 6.18 Å². The number of carbonyl (C=O) groups excluding carboxylic acids is 2. The Labute approximate surface area is 153 Å². The first-order valence-electron chi connectivity index (χ1n) is 7.56. The summed E-state index contributed by atoms with van der Waals surface area (Å²) in [5, 5.41) is 5.19. The lowest BCUT2D eigenvalue weighted by molar-refractivity contribution is -0.138. The Balaban J connectivity index is 2.15. The van der Waals surface area contributed by atoms with Crippen LogP contribution in [0.25, 0.3) is 0 Å². The molecule has 0 atom stereocenters. The molecular formula is C18H16ClF3N2O2. The molecule has 8 heteroatoms. The lowest BCUT2D eigenvalue weighted by Crippen LogP contribution is -2.41. The Hall–Kier alpha value is -2.54. The molecule has 0 unspecified atom stereocenters. The molecule has 2 N–H and O–H groups in total. The van der Waals surface area contributed by atoms with E-state index in [0.717, 1.165) is 12.1 Å². The Morgan fingerprint density at radius 1 is 0.923 bits per heavy atom. The number of hydrogen-bond donors (Lipinski definition) is 2. The quantitative estimate of drug-likeness (QED) is 0.732. The number of alkyl halides is 3. The fourth-order valence-electron chi connectivity index (χ4n) is 2.00. The van der Waals surface area contributed by atoms with Gasteiger partial charge in [0.15, 0.2) is 0 Å². The van der Waals surface area contributed by atoms with Crippen LogP contribution in [0.2, 0.25) is 5.02 Å². The van der Waals surface area contributed by atoms with Crippen molar-refractivity contribution in [1.82, 2.24) is 0 Å². The van der Waals surface area contributed by atoms with Crippen LogP contribution in [0.4, 0.5) is 24.5 Å². The van der Waals surface area contributed by atoms with Crippen LogP contribution in [0.15, 0.2) is 48.5 Å². The topological polar surface area (TPSA) is 58.2 Å². The van der Waals surface area contributed by atoms with Crippen LogP contribution in [0.1, 0.15) is 19.4 Å². The molecule has 0 radical (unpaired) electrons. The Morgan fingerprint density at radius 2 is 1.54 bits per heavy atom. The molecule has 0 saturated carbocycles. The van der Waals surface area contributed by atoms with E-state index in [9.17, 15) is 22.8 Å². The van der Waals surface area contributed by atoms with Gasteiger partial charge in [-0.1, -0.05) is 29.8 Å². The van der Waals surface area contributed by atoms with Crippen molar-refractivity contribution in [2.24, 2.45) is 5.41 Å². The molecule has 0 saturated heterocycles. The molecule has 0 bridgehead atoms. The smallest absolute Gasteiger partial charge is 0.325 e. The van der Waals surface area contributed by atoms with E-state index >= 15 is 0 Å². The van der Waals surface area contributed by atoms with E-state index < -0.39 is 29.0 Å². The molecule has 4 nitrogen and oxygen atoms in total. The summed E-state index contributed by atoms with van der Waals surface area (Å²) in [5.74, 6) is -1.39. The van der Waals surface area contributed by atoms with Gasteiger partial charge in [0.1, 0.15) is 5.41 Å². The van der Waals surface area contributed by atoms with Crippen LogP contribution < -0.4 is 10.6 Å². The van der Waals surface area contributed by atoms with Crippen molar-refractivity contribution < 1.29 is 22.8 Å². The fraction of sp³-hybridized carbons (Fsp3) is 0.222. The second-order valence-electron chi connectivity index (χ2n) is 6.09. The third-order valence-electron chi connectivity index (χ3n) is 3.71. The van der Waals surface area contributed by atoms with Gasteiger partial charge in [0, 0.05) is 5.69 Å². The predicted octanol–water partition coefficient (Wildman–Crippen LogP) is 4.96. The molecule has 2 amide bonds. The van der Waals surface area contributed by atoms with Crippen molar-refractivity contribution in [3.8, 4) is 0 Å². The third kappa shape index (κ3) is 4.54. The number of carbonyl (C=O) groups is 2. The average molecular weight is 385 g/mol. The van der Waals surface area contributed by atoms with Crippen LogP contribution in [-0.4, -0.2) is 11.8 Å². The number of amides is 2. The van der Waals surface area contributed by atoms with Crippen molar-refractivity contribution in [3.63, 3.8) is 0 Å². The summed E-state index contributed by atoms with van der Waals surface area (Å²) >= 11 is 5.97. The van der Waals surface area contributed by atoms with E-state index in [-0.39, 0.29) is 5.69 Å². The van der Waals surface area contributed by atoms with E-state index in [1.807, 2.05) is 0 Å². The van der Waals surface area contributed by atoms with Crippen molar-refractivity contribution in [3.05, 3.63) is 59.1 Å². The predicted molar refractivity (Wildman–Crippen MR) is 93.9 cm³/mol. The Morgan fingerprint density at radius 3 is 2.15 bits per heavy atom. The third-order valence-corrected chi connectivity index (χ3v) is 4.03. The molecule has 0 aliphatic rings. The fourth-order valence-corrected chi connectivity index (χ4v) is 2.19. The first-order valence-corrected chi connectivity index (χ1v) is 7.94. The average Bonchev–Trinajstić information content (AvgIpc) is 2.56. The SMILES string of the molecule is CC(C)(C(=O)Nc1cccc(C(F)(F)F)c1)C(=O)Nc1ccccc1Cl. The van der Waals surface area contributed by atoms with Gasteiger partial charge in [0.2, 0.25) is 11.8 Å². The van der Waals surface area contributed by atoms with Crippen molar-refractivity contribution in [1.29, 1.82) is 0 Å². The maximum Gasteiger partial charge on any atom is 0.416 e. The summed E-state index contributed by atoms with van der Waals surface area (Å²) in [7, 11) is 0. The van der Waals surface area contributed by atoms with Gasteiger partial charge in [-0.25, -0.2) is 0 Å². The maximum atomic E-state index is 12.8. The summed E-state index contributed by atoms with van der Waals surface area (Å²) in [6.45, 7) is 2.73.